The van der Waals surface area contributed by atoms with Crippen LogP contribution in [0.3, 0.4) is 0 Å². The summed E-state index contributed by atoms with van der Waals surface area (Å²) in [4.78, 5) is 0. The third kappa shape index (κ3) is 3.45. The highest BCUT2D eigenvalue weighted by Crippen LogP contribution is 2.28. The van der Waals surface area contributed by atoms with Crippen LogP contribution in [0.1, 0.15) is 29.9 Å². The monoisotopic (exact) mass is 251 g/mol. The average molecular weight is 251 g/mol. The predicted octanol–water partition coefficient (Wildman–Crippen LogP) is 3.82. The molecule has 1 aliphatic rings. The topological polar surface area (TPSA) is 12.0 Å². The van der Waals surface area contributed by atoms with E-state index in [0.717, 1.165) is 12.5 Å². The fourth-order valence-electron chi connectivity index (χ4n) is 2.55. The van der Waals surface area contributed by atoms with E-state index in [-0.39, 0.29) is 0 Å². The lowest BCUT2D eigenvalue weighted by Gasteiger charge is -2.18. The Hall–Kier alpha value is -1.60. The Labute approximate surface area is 115 Å². The highest BCUT2D eigenvalue weighted by atomic mass is 14.9. The molecule has 1 saturated carbocycles. The Morgan fingerprint density at radius 3 is 1.84 bits per heavy atom. The smallest absolute Gasteiger partial charge is 0.0214 e. The van der Waals surface area contributed by atoms with Crippen LogP contribution < -0.4 is 5.32 Å². The van der Waals surface area contributed by atoms with Gasteiger partial charge in [0.2, 0.25) is 0 Å². The van der Waals surface area contributed by atoms with Gasteiger partial charge in [0.1, 0.15) is 0 Å². The van der Waals surface area contributed by atoms with E-state index in [2.05, 4.69) is 66.0 Å². The van der Waals surface area contributed by atoms with Crippen molar-refractivity contribution >= 4 is 0 Å². The third-order valence-corrected chi connectivity index (χ3v) is 3.88. The second-order valence-electron chi connectivity index (χ2n) is 5.48. The Morgan fingerprint density at radius 2 is 1.37 bits per heavy atom. The maximum atomic E-state index is 3.64. The summed E-state index contributed by atoms with van der Waals surface area (Å²) in [6.07, 6.45) is 2.82. The van der Waals surface area contributed by atoms with E-state index in [0.29, 0.717) is 5.92 Å². The summed E-state index contributed by atoms with van der Waals surface area (Å²) in [6.45, 7) is 2.21. The molecule has 0 spiro atoms. The van der Waals surface area contributed by atoms with Gasteiger partial charge in [-0.2, -0.15) is 0 Å². The first-order valence-electron chi connectivity index (χ1n) is 7.24. The van der Waals surface area contributed by atoms with Crippen molar-refractivity contribution in [1.29, 1.82) is 0 Å². The molecule has 3 rings (SSSR count). The Balaban J connectivity index is 1.74. The van der Waals surface area contributed by atoms with E-state index in [1.807, 2.05) is 0 Å². The zero-order chi connectivity index (χ0) is 12.9. The summed E-state index contributed by atoms with van der Waals surface area (Å²) < 4.78 is 0. The number of hydrogen-bond donors (Lipinski definition) is 1. The van der Waals surface area contributed by atoms with Crippen LogP contribution in [0.15, 0.2) is 60.7 Å². The van der Waals surface area contributed by atoms with Gasteiger partial charge in [0.15, 0.2) is 0 Å². The zero-order valence-corrected chi connectivity index (χ0v) is 11.3. The van der Waals surface area contributed by atoms with Crippen molar-refractivity contribution in [3.8, 4) is 0 Å². The summed E-state index contributed by atoms with van der Waals surface area (Å²) in [5.41, 5.74) is 2.80. The van der Waals surface area contributed by atoms with Crippen molar-refractivity contribution in [2.24, 2.45) is 5.92 Å². The molecule has 0 amide bonds. The Kier molecular flexibility index (Phi) is 3.95. The fourth-order valence-corrected chi connectivity index (χ4v) is 2.55. The molecule has 2 aromatic rings. The maximum Gasteiger partial charge on any atom is 0.0214 e. The van der Waals surface area contributed by atoms with Gasteiger partial charge in [0.05, 0.1) is 0 Å². The van der Waals surface area contributed by atoms with Crippen molar-refractivity contribution in [3.05, 3.63) is 71.8 Å². The molecule has 0 radical (unpaired) electrons. The molecule has 0 heterocycles. The van der Waals surface area contributed by atoms with Crippen molar-refractivity contribution in [1.82, 2.24) is 5.32 Å². The van der Waals surface area contributed by atoms with Crippen LogP contribution in [0, 0.1) is 5.92 Å². The third-order valence-electron chi connectivity index (χ3n) is 3.88. The van der Waals surface area contributed by atoms with E-state index in [4.69, 9.17) is 0 Å². The largest absolute Gasteiger partial charge is 0.316 e. The molecule has 1 N–H and O–H groups in total. The maximum absolute atomic E-state index is 3.64. The lowest BCUT2D eigenvalue weighted by molar-refractivity contribution is 0.603. The molecule has 0 atom stereocenters. The van der Waals surface area contributed by atoms with Crippen LogP contribution in [-0.4, -0.2) is 13.1 Å². The van der Waals surface area contributed by atoms with E-state index in [1.54, 1.807) is 0 Å². The number of rotatable bonds is 6. The van der Waals surface area contributed by atoms with Gasteiger partial charge in [0.25, 0.3) is 0 Å². The van der Waals surface area contributed by atoms with Crippen molar-refractivity contribution in [2.75, 3.05) is 13.1 Å². The van der Waals surface area contributed by atoms with Crippen molar-refractivity contribution in [2.45, 2.75) is 18.8 Å². The normalized spacial score (nSPS) is 14.8. The van der Waals surface area contributed by atoms with Crippen LogP contribution in [0.25, 0.3) is 0 Å². The van der Waals surface area contributed by atoms with Crippen LogP contribution in [0.2, 0.25) is 0 Å². The minimum Gasteiger partial charge on any atom is -0.316 e. The van der Waals surface area contributed by atoms with Crippen LogP contribution >= 0.6 is 0 Å². The molecule has 1 aliphatic carbocycles. The van der Waals surface area contributed by atoms with Gasteiger partial charge < -0.3 is 5.32 Å². The second kappa shape index (κ2) is 6.03. The molecular weight excluding hydrogens is 230 g/mol. The zero-order valence-electron chi connectivity index (χ0n) is 11.3. The first-order chi connectivity index (χ1) is 9.43. The standard InChI is InChI=1S/C18H21N/c1-3-7-16(8-4-1)18(14-19-13-15-11-12-15)17-9-5-2-6-10-17/h1-10,15,18-19H,11-14H2. The number of nitrogens with one attached hydrogen (secondary N) is 1. The molecule has 0 saturated heterocycles. The SMILES string of the molecule is c1ccc(C(CNCC2CC2)c2ccccc2)cc1. The summed E-state index contributed by atoms with van der Waals surface area (Å²) in [7, 11) is 0. The van der Waals surface area contributed by atoms with Gasteiger partial charge in [0, 0.05) is 12.5 Å². The Bertz CT molecular complexity index is 448. The summed E-state index contributed by atoms with van der Waals surface area (Å²) >= 11 is 0. The lowest BCUT2D eigenvalue weighted by Crippen LogP contribution is -2.24. The van der Waals surface area contributed by atoms with E-state index in [1.165, 1.54) is 30.5 Å². The van der Waals surface area contributed by atoms with E-state index >= 15 is 0 Å². The van der Waals surface area contributed by atoms with Crippen LogP contribution in [0.5, 0.6) is 0 Å². The molecule has 0 aromatic heterocycles. The molecular formula is C18H21N. The van der Waals surface area contributed by atoms with E-state index in [9.17, 15) is 0 Å². The molecule has 1 fully saturated rings. The second-order valence-corrected chi connectivity index (χ2v) is 5.48. The first kappa shape index (κ1) is 12.4. The van der Waals surface area contributed by atoms with Crippen molar-refractivity contribution in [3.63, 3.8) is 0 Å². The lowest BCUT2D eigenvalue weighted by atomic mass is 9.91. The van der Waals surface area contributed by atoms with Gasteiger partial charge in [-0.1, -0.05) is 60.7 Å². The first-order valence-corrected chi connectivity index (χ1v) is 7.24. The predicted molar refractivity (Wildman–Crippen MR) is 80.3 cm³/mol. The molecule has 98 valence electrons. The van der Waals surface area contributed by atoms with Gasteiger partial charge in [-0.05, 0) is 36.4 Å². The highest BCUT2D eigenvalue weighted by Gasteiger charge is 2.21. The summed E-state index contributed by atoms with van der Waals surface area (Å²) in [5.74, 6) is 1.40. The minimum absolute atomic E-state index is 0.459. The summed E-state index contributed by atoms with van der Waals surface area (Å²) in [6, 6.07) is 21.6. The number of benzene rings is 2. The highest BCUT2D eigenvalue weighted by molar-refractivity contribution is 5.32. The molecule has 1 heteroatoms. The molecule has 0 aliphatic heterocycles. The summed E-state index contributed by atoms with van der Waals surface area (Å²) in [5, 5.41) is 3.64. The van der Waals surface area contributed by atoms with Crippen LogP contribution in [-0.2, 0) is 0 Å². The average Bonchev–Trinajstić information content (AvgIpc) is 3.30. The quantitative estimate of drug-likeness (QED) is 0.823. The minimum atomic E-state index is 0.459. The van der Waals surface area contributed by atoms with E-state index < -0.39 is 0 Å². The fraction of sp³-hybridized carbons (Fsp3) is 0.333. The van der Waals surface area contributed by atoms with Crippen molar-refractivity contribution < 1.29 is 0 Å². The van der Waals surface area contributed by atoms with Gasteiger partial charge >= 0.3 is 0 Å². The van der Waals surface area contributed by atoms with Crippen LogP contribution in [0.4, 0.5) is 0 Å². The molecule has 0 bridgehead atoms. The Morgan fingerprint density at radius 1 is 0.842 bits per heavy atom. The van der Waals surface area contributed by atoms with Gasteiger partial charge in [-0.25, -0.2) is 0 Å². The molecule has 2 aromatic carbocycles. The molecule has 19 heavy (non-hydrogen) atoms. The molecule has 0 unspecified atom stereocenters. The molecule has 1 nitrogen and oxygen atoms in total. The van der Waals surface area contributed by atoms with Gasteiger partial charge in [-0.3, -0.25) is 0 Å². The number of hydrogen-bond acceptors (Lipinski definition) is 1. The van der Waals surface area contributed by atoms with Gasteiger partial charge in [-0.15, -0.1) is 0 Å².